The van der Waals surface area contributed by atoms with Crippen LogP contribution in [-0.2, 0) is 4.79 Å². The van der Waals surface area contributed by atoms with E-state index in [0.717, 1.165) is 6.42 Å². The van der Waals surface area contributed by atoms with Gasteiger partial charge in [0.15, 0.2) is 0 Å². The molecule has 13 heavy (non-hydrogen) atoms. The third-order valence-electron chi connectivity index (χ3n) is 1.73. The van der Waals surface area contributed by atoms with Gasteiger partial charge in [0.05, 0.1) is 11.6 Å². The topological polar surface area (TPSA) is 55.1 Å². The summed E-state index contributed by atoms with van der Waals surface area (Å²) in [7, 11) is 0. The first-order chi connectivity index (χ1) is 5.93. The first kappa shape index (κ1) is 12.0. The minimum atomic E-state index is -0.609. The van der Waals surface area contributed by atoms with E-state index in [0.29, 0.717) is 6.42 Å². The molecule has 0 heterocycles. The van der Waals surface area contributed by atoms with Crippen LogP contribution in [0.3, 0.4) is 0 Å². The summed E-state index contributed by atoms with van der Waals surface area (Å²) in [6.07, 6.45) is 6.80. The zero-order chi connectivity index (χ0) is 10.5. The van der Waals surface area contributed by atoms with Crippen LogP contribution < -0.4 is 11.1 Å². The first-order valence-electron chi connectivity index (χ1n) is 4.48. The fraction of sp³-hybridized carbons (Fsp3) is 0.700. The van der Waals surface area contributed by atoms with E-state index < -0.39 is 11.6 Å². The zero-order valence-electron chi connectivity index (χ0n) is 8.55. The van der Waals surface area contributed by atoms with Gasteiger partial charge in [-0.15, -0.1) is 6.42 Å². The lowest BCUT2D eigenvalue weighted by molar-refractivity contribution is -0.123. The second-order valence-corrected chi connectivity index (χ2v) is 3.65. The molecule has 3 heteroatoms. The molecule has 3 N–H and O–H groups in total. The van der Waals surface area contributed by atoms with Crippen LogP contribution in [-0.4, -0.2) is 17.5 Å². The molecule has 0 aromatic heterocycles. The van der Waals surface area contributed by atoms with Gasteiger partial charge in [-0.3, -0.25) is 4.79 Å². The van der Waals surface area contributed by atoms with Gasteiger partial charge in [0, 0.05) is 0 Å². The van der Waals surface area contributed by atoms with Crippen LogP contribution in [0.4, 0.5) is 0 Å². The van der Waals surface area contributed by atoms with E-state index >= 15 is 0 Å². The molecule has 0 spiro atoms. The molecule has 1 atom stereocenters. The van der Waals surface area contributed by atoms with E-state index in [1.807, 2.05) is 6.92 Å². The maximum atomic E-state index is 11.4. The summed E-state index contributed by atoms with van der Waals surface area (Å²) < 4.78 is 0. The Morgan fingerprint density at radius 2 is 2.23 bits per heavy atom. The molecule has 0 unspecified atom stereocenters. The summed E-state index contributed by atoms with van der Waals surface area (Å²) in [5, 5.41) is 2.69. The highest BCUT2D eigenvalue weighted by atomic mass is 16.2. The van der Waals surface area contributed by atoms with E-state index in [1.165, 1.54) is 0 Å². The summed E-state index contributed by atoms with van der Waals surface area (Å²) >= 11 is 0. The number of terminal acetylenes is 1. The maximum absolute atomic E-state index is 11.4. The van der Waals surface area contributed by atoms with E-state index in [2.05, 4.69) is 11.2 Å². The monoisotopic (exact) mass is 182 g/mol. The fourth-order valence-electron chi connectivity index (χ4n) is 0.879. The molecule has 1 amide bonds. The minimum absolute atomic E-state index is 0.176. The number of carbonyl (C=O) groups excluding carboxylic acids is 1. The van der Waals surface area contributed by atoms with Crippen molar-refractivity contribution in [3.05, 3.63) is 0 Å². The van der Waals surface area contributed by atoms with Gasteiger partial charge in [0.2, 0.25) is 5.91 Å². The molecule has 0 radical (unpaired) electrons. The van der Waals surface area contributed by atoms with Crippen LogP contribution in [0.1, 0.15) is 33.6 Å². The summed E-state index contributed by atoms with van der Waals surface area (Å²) in [4.78, 5) is 11.4. The van der Waals surface area contributed by atoms with Crippen molar-refractivity contribution in [3.63, 3.8) is 0 Å². The van der Waals surface area contributed by atoms with Crippen molar-refractivity contribution in [3.8, 4) is 12.3 Å². The van der Waals surface area contributed by atoms with Crippen molar-refractivity contribution >= 4 is 5.91 Å². The van der Waals surface area contributed by atoms with Crippen molar-refractivity contribution in [2.45, 2.75) is 45.2 Å². The molecule has 0 saturated carbocycles. The van der Waals surface area contributed by atoms with Gasteiger partial charge in [-0.2, -0.15) is 0 Å². The van der Waals surface area contributed by atoms with E-state index in [-0.39, 0.29) is 5.91 Å². The number of nitrogens with two attached hydrogens (primary N) is 1. The third kappa shape index (κ3) is 4.54. The SMILES string of the molecule is C#CC(C)(C)NC(=O)[C@H](N)CCC. The predicted octanol–water partition coefficient (Wildman–Crippen LogP) is 0.642. The van der Waals surface area contributed by atoms with Gasteiger partial charge in [-0.05, 0) is 20.3 Å². The van der Waals surface area contributed by atoms with Crippen molar-refractivity contribution < 1.29 is 4.79 Å². The Morgan fingerprint density at radius 1 is 1.69 bits per heavy atom. The Balaban J connectivity index is 4.09. The van der Waals surface area contributed by atoms with Gasteiger partial charge < -0.3 is 11.1 Å². The van der Waals surface area contributed by atoms with Gasteiger partial charge in [-0.25, -0.2) is 0 Å². The van der Waals surface area contributed by atoms with Gasteiger partial charge in [0.1, 0.15) is 0 Å². The number of hydrogen-bond donors (Lipinski definition) is 2. The average Bonchev–Trinajstić information content (AvgIpc) is 2.04. The molecule has 0 aliphatic heterocycles. The summed E-state index contributed by atoms with van der Waals surface area (Å²) in [6.45, 7) is 5.52. The second-order valence-electron chi connectivity index (χ2n) is 3.65. The van der Waals surface area contributed by atoms with Crippen molar-refractivity contribution in [2.24, 2.45) is 5.73 Å². The fourth-order valence-corrected chi connectivity index (χ4v) is 0.879. The molecular weight excluding hydrogens is 164 g/mol. The molecule has 3 nitrogen and oxygen atoms in total. The molecule has 0 aliphatic carbocycles. The van der Waals surface area contributed by atoms with Crippen LogP contribution in [0.25, 0.3) is 0 Å². The lowest BCUT2D eigenvalue weighted by Crippen LogP contribution is -2.49. The third-order valence-corrected chi connectivity index (χ3v) is 1.73. The highest BCUT2D eigenvalue weighted by Crippen LogP contribution is 2.01. The lowest BCUT2D eigenvalue weighted by atomic mass is 10.1. The first-order valence-corrected chi connectivity index (χ1v) is 4.48. The van der Waals surface area contributed by atoms with E-state index in [1.54, 1.807) is 13.8 Å². The second kappa shape index (κ2) is 4.88. The largest absolute Gasteiger partial charge is 0.339 e. The minimum Gasteiger partial charge on any atom is -0.339 e. The average molecular weight is 182 g/mol. The molecule has 0 saturated heterocycles. The predicted molar refractivity (Wildman–Crippen MR) is 53.9 cm³/mol. The number of amides is 1. The Kier molecular flexibility index (Phi) is 4.50. The smallest absolute Gasteiger partial charge is 0.238 e. The Labute approximate surface area is 80.1 Å². The van der Waals surface area contributed by atoms with Gasteiger partial charge >= 0.3 is 0 Å². The molecule has 0 aliphatic rings. The molecule has 0 fully saturated rings. The summed E-state index contributed by atoms with van der Waals surface area (Å²) in [5.41, 5.74) is 5.00. The molecular formula is C10H18N2O. The number of hydrogen-bond acceptors (Lipinski definition) is 2. The highest BCUT2D eigenvalue weighted by molar-refractivity contribution is 5.82. The standard InChI is InChI=1S/C10H18N2O/c1-5-7-8(11)9(13)12-10(3,4)6-2/h2,8H,5,7,11H2,1,3-4H3,(H,12,13)/t8-/m1/s1. The van der Waals surface area contributed by atoms with E-state index in [9.17, 15) is 4.79 Å². The van der Waals surface area contributed by atoms with Crippen LogP contribution in [0.5, 0.6) is 0 Å². The Hall–Kier alpha value is -1.01. The van der Waals surface area contributed by atoms with Crippen LogP contribution in [0.15, 0.2) is 0 Å². The normalized spacial score (nSPS) is 13.2. The maximum Gasteiger partial charge on any atom is 0.238 e. The molecule has 0 rings (SSSR count). The molecule has 0 aromatic carbocycles. The Bertz CT molecular complexity index is 215. The number of nitrogens with one attached hydrogen (secondary N) is 1. The molecule has 74 valence electrons. The Morgan fingerprint density at radius 3 is 2.62 bits per heavy atom. The van der Waals surface area contributed by atoms with Crippen molar-refractivity contribution in [1.82, 2.24) is 5.32 Å². The number of carbonyl (C=O) groups is 1. The number of rotatable bonds is 4. The molecule has 0 aromatic rings. The van der Waals surface area contributed by atoms with Gasteiger partial charge in [0.25, 0.3) is 0 Å². The zero-order valence-corrected chi connectivity index (χ0v) is 8.55. The summed E-state index contributed by atoms with van der Waals surface area (Å²) in [6, 6.07) is -0.447. The summed E-state index contributed by atoms with van der Waals surface area (Å²) in [5.74, 6) is 2.31. The van der Waals surface area contributed by atoms with Crippen molar-refractivity contribution in [1.29, 1.82) is 0 Å². The quantitative estimate of drug-likeness (QED) is 0.627. The highest BCUT2D eigenvalue weighted by Gasteiger charge is 2.20. The van der Waals surface area contributed by atoms with Crippen LogP contribution >= 0.6 is 0 Å². The van der Waals surface area contributed by atoms with Crippen LogP contribution in [0, 0.1) is 12.3 Å². The van der Waals surface area contributed by atoms with Gasteiger partial charge in [-0.1, -0.05) is 19.3 Å². The van der Waals surface area contributed by atoms with Crippen molar-refractivity contribution in [2.75, 3.05) is 0 Å². The lowest BCUT2D eigenvalue weighted by Gasteiger charge is -2.21. The molecule has 0 bridgehead atoms. The van der Waals surface area contributed by atoms with E-state index in [4.69, 9.17) is 12.2 Å². The van der Waals surface area contributed by atoms with Crippen LogP contribution in [0.2, 0.25) is 0 Å².